The zero-order chi connectivity index (χ0) is 15.2. The van der Waals surface area contributed by atoms with Crippen LogP contribution >= 0.6 is 0 Å². The number of methoxy groups -OCH3 is 1. The van der Waals surface area contributed by atoms with Crippen LogP contribution in [0.2, 0.25) is 0 Å². The molecule has 0 saturated carbocycles. The van der Waals surface area contributed by atoms with Gasteiger partial charge in [-0.25, -0.2) is 0 Å². The number of hydrogen-bond acceptors (Lipinski definition) is 3. The Bertz CT molecular complexity index is 384. The maximum Gasteiger partial charge on any atom is 0.118 e. The van der Waals surface area contributed by atoms with Gasteiger partial charge in [-0.15, -0.1) is 0 Å². The first-order valence-corrected chi connectivity index (χ1v) is 7.45. The monoisotopic (exact) mass is 278 g/mol. The van der Waals surface area contributed by atoms with Gasteiger partial charge < -0.3 is 15.0 Å². The topological polar surface area (TPSA) is 24.5 Å². The minimum atomic E-state index is 0.141. The van der Waals surface area contributed by atoms with Crippen LogP contribution < -0.4 is 10.1 Å². The molecule has 0 bridgehead atoms. The number of rotatable bonds is 8. The summed E-state index contributed by atoms with van der Waals surface area (Å²) in [5, 5.41) is 3.63. The van der Waals surface area contributed by atoms with Gasteiger partial charge in [0.1, 0.15) is 5.75 Å². The molecule has 0 spiro atoms. The molecule has 0 fully saturated rings. The minimum absolute atomic E-state index is 0.141. The SMILES string of the molecule is CCNC(CCc1ccc(OC)cc1)C(C)(C)N(C)C. The first kappa shape index (κ1) is 17.0. The summed E-state index contributed by atoms with van der Waals surface area (Å²) in [7, 11) is 6.01. The predicted molar refractivity (Wildman–Crippen MR) is 86.5 cm³/mol. The van der Waals surface area contributed by atoms with Crippen LogP contribution in [0.25, 0.3) is 0 Å². The summed E-state index contributed by atoms with van der Waals surface area (Å²) in [6, 6.07) is 8.86. The fraction of sp³-hybridized carbons (Fsp3) is 0.647. The second kappa shape index (κ2) is 7.65. The smallest absolute Gasteiger partial charge is 0.118 e. The van der Waals surface area contributed by atoms with E-state index >= 15 is 0 Å². The number of benzene rings is 1. The van der Waals surface area contributed by atoms with Crippen LogP contribution in [0.15, 0.2) is 24.3 Å². The van der Waals surface area contributed by atoms with E-state index in [1.807, 2.05) is 12.1 Å². The van der Waals surface area contributed by atoms with Gasteiger partial charge in [0.05, 0.1) is 7.11 Å². The molecule has 1 rings (SSSR count). The highest BCUT2D eigenvalue weighted by Crippen LogP contribution is 2.21. The standard InChI is InChI=1S/C17H30N2O/c1-7-18-16(17(2,3)19(4)5)13-10-14-8-11-15(20-6)12-9-14/h8-9,11-12,16,18H,7,10,13H2,1-6H3. The van der Waals surface area contributed by atoms with Gasteiger partial charge in [0.25, 0.3) is 0 Å². The van der Waals surface area contributed by atoms with E-state index in [2.05, 4.69) is 57.2 Å². The summed E-state index contributed by atoms with van der Waals surface area (Å²) in [6.07, 6.45) is 2.21. The van der Waals surface area contributed by atoms with Crippen molar-refractivity contribution in [3.05, 3.63) is 29.8 Å². The highest BCUT2D eigenvalue weighted by molar-refractivity contribution is 5.27. The first-order valence-electron chi connectivity index (χ1n) is 7.45. The molecule has 0 radical (unpaired) electrons. The molecule has 0 aromatic heterocycles. The van der Waals surface area contributed by atoms with Crippen molar-refractivity contribution in [3.8, 4) is 5.75 Å². The Hall–Kier alpha value is -1.06. The molecular weight excluding hydrogens is 248 g/mol. The highest BCUT2D eigenvalue weighted by Gasteiger charge is 2.30. The van der Waals surface area contributed by atoms with Crippen molar-refractivity contribution >= 4 is 0 Å². The van der Waals surface area contributed by atoms with Gasteiger partial charge in [-0.2, -0.15) is 0 Å². The summed E-state index contributed by atoms with van der Waals surface area (Å²) in [5.74, 6) is 0.922. The molecule has 20 heavy (non-hydrogen) atoms. The van der Waals surface area contributed by atoms with Crippen molar-refractivity contribution in [2.75, 3.05) is 27.7 Å². The summed E-state index contributed by atoms with van der Waals surface area (Å²) in [6.45, 7) is 7.78. The third-order valence-electron chi connectivity index (χ3n) is 4.34. The molecule has 0 amide bonds. The van der Waals surface area contributed by atoms with E-state index in [0.29, 0.717) is 6.04 Å². The maximum atomic E-state index is 5.20. The Morgan fingerprint density at radius 3 is 2.25 bits per heavy atom. The van der Waals surface area contributed by atoms with Crippen molar-refractivity contribution in [2.24, 2.45) is 0 Å². The number of nitrogens with zero attached hydrogens (tertiary/aromatic N) is 1. The summed E-state index contributed by atoms with van der Waals surface area (Å²) < 4.78 is 5.20. The van der Waals surface area contributed by atoms with Gasteiger partial charge >= 0.3 is 0 Å². The fourth-order valence-corrected chi connectivity index (χ4v) is 2.37. The van der Waals surface area contributed by atoms with E-state index in [-0.39, 0.29) is 5.54 Å². The minimum Gasteiger partial charge on any atom is -0.497 e. The summed E-state index contributed by atoms with van der Waals surface area (Å²) in [5.41, 5.74) is 1.51. The molecule has 1 aromatic carbocycles. The Balaban J connectivity index is 2.66. The molecule has 0 aliphatic carbocycles. The number of hydrogen-bond donors (Lipinski definition) is 1. The Kier molecular flexibility index (Phi) is 6.50. The Labute approximate surface area is 124 Å². The van der Waals surface area contributed by atoms with Crippen LogP contribution in [0, 0.1) is 0 Å². The van der Waals surface area contributed by atoms with Crippen LogP contribution in [0.3, 0.4) is 0 Å². The van der Waals surface area contributed by atoms with Crippen molar-refractivity contribution in [3.63, 3.8) is 0 Å². The van der Waals surface area contributed by atoms with Gasteiger partial charge in [-0.05, 0) is 65.0 Å². The van der Waals surface area contributed by atoms with E-state index in [4.69, 9.17) is 4.74 Å². The van der Waals surface area contributed by atoms with Crippen LogP contribution in [-0.4, -0.2) is 44.2 Å². The van der Waals surface area contributed by atoms with Crippen molar-refractivity contribution in [1.82, 2.24) is 10.2 Å². The molecule has 3 nitrogen and oxygen atoms in total. The van der Waals surface area contributed by atoms with Gasteiger partial charge in [-0.3, -0.25) is 0 Å². The number of aryl methyl sites for hydroxylation is 1. The lowest BCUT2D eigenvalue weighted by molar-refractivity contribution is 0.133. The average molecular weight is 278 g/mol. The lowest BCUT2D eigenvalue weighted by Gasteiger charge is -2.40. The van der Waals surface area contributed by atoms with Crippen LogP contribution in [-0.2, 0) is 6.42 Å². The van der Waals surface area contributed by atoms with Gasteiger partial charge in [-0.1, -0.05) is 19.1 Å². The molecule has 0 heterocycles. The normalized spacial score (nSPS) is 13.6. The van der Waals surface area contributed by atoms with E-state index in [1.165, 1.54) is 5.56 Å². The van der Waals surface area contributed by atoms with E-state index in [0.717, 1.165) is 25.1 Å². The number of ether oxygens (including phenoxy) is 1. The van der Waals surface area contributed by atoms with Gasteiger partial charge in [0.2, 0.25) is 0 Å². The average Bonchev–Trinajstić information content (AvgIpc) is 2.43. The molecule has 3 heteroatoms. The fourth-order valence-electron chi connectivity index (χ4n) is 2.37. The number of likely N-dealkylation sites (N-methyl/N-ethyl adjacent to an activating group) is 2. The maximum absolute atomic E-state index is 5.20. The quantitative estimate of drug-likeness (QED) is 0.791. The number of nitrogens with one attached hydrogen (secondary N) is 1. The molecule has 1 aromatic rings. The lowest BCUT2D eigenvalue weighted by Crippen LogP contribution is -2.55. The van der Waals surface area contributed by atoms with Crippen molar-refractivity contribution in [2.45, 2.75) is 45.2 Å². The molecule has 0 saturated heterocycles. The molecule has 0 aliphatic rings. The Morgan fingerprint density at radius 2 is 1.80 bits per heavy atom. The molecule has 1 atom stereocenters. The zero-order valence-electron chi connectivity index (χ0n) is 13.9. The van der Waals surface area contributed by atoms with Crippen LogP contribution in [0.1, 0.15) is 32.8 Å². The van der Waals surface area contributed by atoms with Gasteiger partial charge in [0.15, 0.2) is 0 Å². The molecule has 0 aliphatic heterocycles. The summed E-state index contributed by atoms with van der Waals surface area (Å²) in [4.78, 5) is 2.30. The highest BCUT2D eigenvalue weighted by atomic mass is 16.5. The third-order valence-corrected chi connectivity index (χ3v) is 4.34. The van der Waals surface area contributed by atoms with Gasteiger partial charge in [0, 0.05) is 11.6 Å². The molecule has 1 N–H and O–H groups in total. The van der Waals surface area contributed by atoms with Crippen molar-refractivity contribution in [1.29, 1.82) is 0 Å². The summed E-state index contributed by atoms with van der Waals surface area (Å²) >= 11 is 0. The lowest BCUT2D eigenvalue weighted by atomic mass is 9.88. The second-order valence-corrected chi connectivity index (χ2v) is 6.05. The zero-order valence-corrected chi connectivity index (χ0v) is 13.9. The molecular formula is C17H30N2O. The van der Waals surface area contributed by atoms with Crippen LogP contribution in [0.5, 0.6) is 5.75 Å². The van der Waals surface area contributed by atoms with E-state index < -0.39 is 0 Å². The second-order valence-electron chi connectivity index (χ2n) is 6.05. The molecule has 1 unspecified atom stereocenters. The van der Waals surface area contributed by atoms with Crippen LogP contribution in [0.4, 0.5) is 0 Å². The Morgan fingerprint density at radius 1 is 1.20 bits per heavy atom. The van der Waals surface area contributed by atoms with Crippen molar-refractivity contribution < 1.29 is 4.74 Å². The largest absolute Gasteiger partial charge is 0.497 e. The van der Waals surface area contributed by atoms with E-state index in [1.54, 1.807) is 7.11 Å². The predicted octanol–water partition coefficient (Wildman–Crippen LogP) is 2.95. The van der Waals surface area contributed by atoms with E-state index in [9.17, 15) is 0 Å². The first-order chi connectivity index (χ1) is 9.41. The molecule has 114 valence electrons. The third kappa shape index (κ3) is 4.50.